The summed E-state index contributed by atoms with van der Waals surface area (Å²) in [6.45, 7) is 8.34. The first-order valence-electron chi connectivity index (χ1n) is 10.9. The van der Waals surface area contributed by atoms with Crippen LogP contribution in [0.25, 0.3) is 0 Å². The third-order valence-electron chi connectivity index (χ3n) is 8.98. The lowest BCUT2D eigenvalue weighted by Crippen LogP contribution is -2.70. The third-order valence-corrected chi connectivity index (χ3v) is 8.98. The minimum atomic E-state index is -1.96. The molecule has 0 aliphatic heterocycles. The molecule has 0 spiro atoms. The summed E-state index contributed by atoms with van der Waals surface area (Å²) in [5, 5.41) is 11.3. The number of hydrogen-bond donors (Lipinski definition) is 1. The molecule has 0 heterocycles. The molecule has 0 radical (unpaired) electrons. The summed E-state index contributed by atoms with van der Waals surface area (Å²) in [5.74, 6) is -1.72. The van der Waals surface area contributed by atoms with E-state index in [0.29, 0.717) is 19.3 Å². The van der Waals surface area contributed by atoms with Gasteiger partial charge in [0.25, 0.3) is 0 Å². The van der Waals surface area contributed by atoms with Crippen LogP contribution >= 0.6 is 0 Å². The first kappa shape index (κ1) is 21.4. The van der Waals surface area contributed by atoms with Gasteiger partial charge in [0.05, 0.1) is 6.10 Å². The number of ketones is 2. The fraction of sp³-hybridized carbons (Fsp3) is 0.708. The highest BCUT2D eigenvalue weighted by molar-refractivity contribution is 6.01. The van der Waals surface area contributed by atoms with Crippen LogP contribution < -0.4 is 0 Å². The predicted octanol–water partition coefficient (Wildman–Crippen LogP) is 3.49. The second-order valence-electron chi connectivity index (χ2n) is 10.3. The molecule has 6 heteroatoms. The first-order valence-corrected chi connectivity index (χ1v) is 10.9. The molecule has 0 aromatic heterocycles. The van der Waals surface area contributed by atoms with Crippen LogP contribution in [0.1, 0.15) is 60.3 Å². The van der Waals surface area contributed by atoms with Crippen molar-refractivity contribution in [1.82, 2.24) is 0 Å². The van der Waals surface area contributed by atoms with Crippen LogP contribution in [0.4, 0.5) is 4.39 Å². The molecule has 30 heavy (non-hydrogen) atoms. The molecule has 0 bridgehead atoms. The van der Waals surface area contributed by atoms with Gasteiger partial charge in [0.15, 0.2) is 22.8 Å². The highest BCUT2D eigenvalue weighted by Crippen LogP contribution is 2.71. The minimum Gasteiger partial charge on any atom is -0.451 e. The highest BCUT2D eigenvalue weighted by atomic mass is 19.1. The van der Waals surface area contributed by atoms with Gasteiger partial charge in [-0.1, -0.05) is 25.5 Å². The van der Waals surface area contributed by atoms with Gasteiger partial charge in [0.2, 0.25) is 0 Å². The van der Waals surface area contributed by atoms with Gasteiger partial charge >= 0.3 is 5.97 Å². The standard InChI is InChI=1S/C24H31FO5/c1-13-10-19-17-7-9-23(14(2)26,30-15(3)27)22(17,5)12-20(29)24(19,25)21(4)8-6-16(28)11-18(13)21/h6,8,11,13,17,19-20,29H,7,9-10,12H2,1-5H3/t13-,17-,19-,20+,21-,22-,23-,24-/m0/s1. The van der Waals surface area contributed by atoms with Gasteiger partial charge in [-0.15, -0.1) is 0 Å². The number of esters is 1. The number of carbonyl (C=O) groups excluding carboxylic acids is 3. The van der Waals surface area contributed by atoms with Gasteiger partial charge in [-0.05, 0) is 63.5 Å². The predicted molar refractivity (Wildman–Crippen MR) is 108 cm³/mol. The van der Waals surface area contributed by atoms with Crippen molar-refractivity contribution in [3.05, 3.63) is 23.8 Å². The number of halogens is 1. The Morgan fingerprint density at radius 1 is 1.23 bits per heavy atom. The average molecular weight is 419 g/mol. The Hall–Kier alpha value is -1.82. The number of Topliss-reactive ketones (excluding diaryl/α,β-unsaturated/α-hetero) is 1. The van der Waals surface area contributed by atoms with Crippen molar-refractivity contribution in [3.8, 4) is 0 Å². The molecule has 1 N–H and O–H groups in total. The second kappa shape index (κ2) is 6.35. The summed E-state index contributed by atoms with van der Waals surface area (Å²) in [5.41, 5.74) is -4.52. The lowest BCUT2D eigenvalue weighted by molar-refractivity contribution is -0.226. The summed E-state index contributed by atoms with van der Waals surface area (Å²) in [6, 6.07) is 0. The number of rotatable bonds is 2. The van der Waals surface area contributed by atoms with Crippen molar-refractivity contribution in [2.75, 3.05) is 0 Å². The van der Waals surface area contributed by atoms with Crippen LogP contribution in [0.15, 0.2) is 23.8 Å². The average Bonchev–Trinajstić information content (AvgIpc) is 2.92. The van der Waals surface area contributed by atoms with E-state index in [-0.39, 0.29) is 29.8 Å². The molecule has 8 atom stereocenters. The van der Waals surface area contributed by atoms with E-state index in [1.54, 1.807) is 13.0 Å². The molecule has 0 aromatic carbocycles. The van der Waals surface area contributed by atoms with Crippen molar-refractivity contribution in [1.29, 1.82) is 0 Å². The van der Waals surface area contributed by atoms with Crippen LogP contribution in [0.2, 0.25) is 0 Å². The molecule has 4 rings (SSSR count). The van der Waals surface area contributed by atoms with E-state index < -0.39 is 40.1 Å². The Balaban J connectivity index is 1.86. The van der Waals surface area contributed by atoms with Gasteiger partial charge < -0.3 is 9.84 Å². The molecule has 4 aliphatic rings. The van der Waals surface area contributed by atoms with E-state index in [0.717, 1.165) is 5.57 Å². The Morgan fingerprint density at radius 2 is 1.90 bits per heavy atom. The fourth-order valence-electron chi connectivity index (χ4n) is 7.65. The van der Waals surface area contributed by atoms with Crippen molar-refractivity contribution in [3.63, 3.8) is 0 Å². The number of allylic oxidation sites excluding steroid dienone is 4. The SMILES string of the molecule is CC(=O)O[C@]1(C(C)=O)CC[C@H]2[C@@H]3C[C@H](C)C4=CC(=O)C=C[C@]4(C)[C@@]3(F)[C@H](O)C[C@@]21C. The summed E-state index contributed by atoms with van der Waals surface area (Å²) in [4.78, 5) is 36.7. The van der Waals surface area contributed by atoms with E-state index in [1.807, 2.05) is 13.8 Å². The van der Waals surface area contributed by atoms with Gasteiger partial charge in [-0.2, -0.15) is 0 Å². The maximum absolute atomic E-state index is 17.1. The molecule has 4 aliphatic carbocycles. The molecule has 3 saturated carbocycles. The molecule has 3 fully saturated rings. The van der Waals surface area contributed by atoms with E-state index >= 15 is 4.39 Å². The Bertz CT molecular complexity index is 892. The number of aliphatic hydroxyl groups is 1. The zero-order valence-corrected chi connectivity index (χ0v) is 18.3. The topological polar surface area (TPSA) is 80.7 Å². The minimum absolute atomic E-state index is 0.0244. The summed E-state index contributed by atoms with van der Waals surface area (Å²) in [7, 11) is 0. The smallest absolute Gasteiger partial charge is 0.303 e. The number of ether oxygens (including phenoxy) is 1. The van der Waals surface area contributed by atoms with E-state index in [2.05, 4.69) is 0 Å². The lowest BCUT2D eigenvalue weighted by atomic mass is 9.43. The maximum Gasteiger partial charge on any atom is 0.303 e. The monoisotopic (exact) mass is 418 g/mol. The van der Waals surface area contributed by atoms with Gasteiger partial charge in [0, 0.05) is 23.7 Å². The molecule has 0 amide bonds. The highest BCUT2D eigenvalue weighted by Gasteiger charge is 2.75. The molecule has 5 nitrogen and oxygen atoms in total. The zero-order chi connectivity index (χ0) is 22.3. The number of hydrogen-bond acceptors (Lipinski definition) is 5. The molecular formula is C24H31FO5. The summed E-state index contributed by atoms with van der Waals surface area (Å²) >= 11 is 0. The molecule has 0 unspecified atom stereocenters. The maximum atomic E-state index is 17.1. The summed E-state index contributed by atoms with van der Waals surface area (Å²) in [6.07, 6.45) is 4.58. The Morgan fingerprint density at radius 3 is 2.50 bits per heavy atom. The van der Waals surface area contributed by atoms with Gasteiger partial charge in [0.1, 0.15) is 0 Å². The number of alkyl halides is 1. The lowest BCUT2D eigenvalue weighted by Gasteiger charge is -2.63. The van der Waals surface area contributed by atoms with E-state index in [4.69, 9.17) is 4.74 Å². The van der Waals surface area contributed by atoms with Crippen LogP contribution in [0.3, 0.4) is 0 Å². The van der Waals surface area contributed by atoms with Crippen LogP contribution in [-0.2, 0) is 19.1 Å². The summed E-state index contributed by atoms with van der Waals surface area (Å²) < 4.78 is 22.8. The number of fused-ring (bicyclic) bond motifs is 5. The quantitative estimate of drug-likeness (QED) is 0.695. The van der Waals surface area contributed by atoms with Gasteiger partial charge in [-0.3, -0.25) is 14.4 Å². The van der Waals surface area contributed by atoms with E-state index in [9.17, 15) is 19.5 Å². The van der Waals surface area contributed by atoms with Crippen LogP contribution in [-0.4, -0.2) is 40.0 Å². The normalized spacial score (nSPS) is 49.6. The molecular weight excluding hydrogens is 387 g/mol. The van der Waals surface area contributed by atoms with Gasteiger partial charge in [-0.25, -0.2) is 4.39 Å². The fourth-order valence-corrected chi connectivity index (χ4v) is 7.65. The third kappa shape index (κ3) is 2.34. The van der Waals surface area contributed by atoms with Crippen molar-refractivity contribution < 1.29 is 28.6 Å². The molecule has 164 valence electrons. The molecule has 0 aromatic rings. The Kier molecular flexibility index (Phi) is 4.53. The van der Waals surface area contributed by atoms with Crippen molar-refractivity contribution >= 4 is 17.5 Å². The van der Waals surface area contributed by atoms with Crippen molar-refractivity contribution in [2.45, 2.75) is 77.7 Å². The van der Waals surface area contributed by atoms with Crippen molar-refractivity contribution in [2.24, 2.45) is 28.6 Å². The second-order valence-corrected chi connectivity index (χ2v) is 10.3. The van der Waals surface area contributed by atoms with Crippen LogP contribution in [0, 0.1) is 28.6 Å². The largest absolute Gasteiger partial charge is 0.451 e. The van der Waals surface area contributed by atoms with E-state index in [1.165, 1.54) is 26.0 Å². The molecule has 0 saturated heterocycles. The number of carbonyl (C=O) groups is 3. The first-order chi connectivity index (χ1) is 13.8. The number of aliphatic hydroxyl groups excluding tert-OH is 1. The van der Waals surface area contributed by atoms with Crippen LogP contribution in [0.5, 0.6) is 0 Å². The Labute approximate surface area is 176 Å². The zero-order valence-electron chi connectivity index (χ0n) is 18.3.